The fourth-order valence-corrected chi connectivity index (χ4v) is 2.74. The van der Waals surface area contributed by atoms with Crippen molar-refractivity contribution in [1.29, 1.82) is 5.26 Å². The van der Waals surface area contributed by atoms with Crippen molar-refractivity contribution < 1.29 is 29.3 Å². The zero-order valence-electron chi connectivity index (χ0n) is 16.7. The van der Waals surface area contributed by atoms with Gasteiger partial charge < -0.3 is 25.6 Å². The molecule has 0 fully saturated rings. The summed E-state index contributed by atoms with van der Waals surface area (Å²) in [4.78, 5) is 35.3. The van der Waals surface area contributed by atoms with Gasteiger partial charge in [-0.15, -0.1) is 0 Å². The first-order chi connectivity index (χ1) is 14.9. The minimum Gasteiger partial charge on any atom is -0.480 e. The number of carboxylic acid groups (broad SMARTS) is 1. The normalized spacial score (nSPS) is 12.1. The Kier molecular flexibility index (Phi) is 9.01. The molecule has 0 aliphatic heterocycles. The maximum atomic E-state index is 12.1. The van der Waals surface area contributed by atoms with Crippen molar-refractivity contribution in [2.24, 2.45) is 0 Å². The zero-order valence-corrected chi connectivity index (χ0v) is 16.7. The number of nitriles is 1. The smallest absolute Gasteiger partial charge is 0.407 e. The SMILES string of the molecule is N#Cc1ccccc1C[C@@H](NC(=O)C[C@H](O)CNC(=O)OCc1ccccc1)C(=O)O. The van der Waals surface area contributed by atoms with Gasteiger partial charge >= 0.3 is 12.1 Å². The number of hydrogen-bond donors (Lipinski definition) is 4. The van der Waals surface area contributed by atoms with Crippen LogP contribution in [0.4, 0.5) is 4.79 Å². The minimum absolute atomic E-state index is 0.0632. The lowest BCUT2D eigenvalue weighted by atomic mass is 10.0. The van der Waals surface area contributed by atoms with E-state index in [1.165, 1.54) is 0 Å². The maximum Gasteiger partial charge on any atom is 0.407 e. The number of carboxylic acids is 1. The molecule has 0 unspecified atom stereocenters. The van der Waals surface area contributed by atoms with Crippen molar-refractivity contribution in [2.75, 3.05) is 6.54 Å². The molecule has 2 aromatic rings. The van der Waals surface area contributed by atoms with Gasteiger partial charge in [0, 0.05) is 13.0 Å². The van der Waals surface area contributed by atoms with E-state index in [0.29, 0.717) is 11.1 Å². The number of carbonyl (C=O) groups is 3. The van der Waals surface area contributed by atoms with Crippen molar-refractivity contribution in [3.63, 3.8) is 0 Å². The van der Waals surface area contributed by atoms with Crippen LogP contribution >= 0.6 is 0 Å². The van der Waals surface area contributed by atoms with Crippen LogP contribution in [0.2, 0.25) is 0 Å². The van der Waals surface area contributed by atoms with E-state index in [2.05, 4.69) is 10.6 Å². The predicted molar refractivity (Wildman–Crippen MR) is 110 cm³/mol. The standard InChI is InChI=1S/C22H23N3O6/c23-12-17-9-5-4-8-16(17)10-19(21(28)29)25-20(27)11-18(26)13-24-22(30)31-14-15-6-2-1-3-7-15/h1-9,18-19,26H,10-11,13-14H2,(H,24,30)(H,25,27)(H,28,29)/t18-,19+/m0/s1. The Balaban J connectivity index is 1.78. The summed E-state index contributed by atoms with van der Waals surface area (Å²) in [5.74, 6) is -1.97. The molecule has 9 nitrogen and oxygen atoms in total. The first-order valence-electron chi connectivity index (χ1n) is 9.51. The number of carbonyl (C=O) groups excluding carboxylic acids is 2. The van der Waals surface area contributed by atoms with Crippen LogP contribution in [0.5, 0.6) is 0 Å². The number of aliphatic carboxylic acids is 1. The van der Waals surface area contributed by atoms with Gasteiger partial charge in [-0.3, -0.25) is 4.79 Å². The van der Waals surface area contributed by atoms with Crippen molar-refractivity contribution in [1.82, 2.24) is 10.6 Å². The third kappa shape index (κ3) is 8.16. The second kappa shape index (κ2) is 11.9. The topological polar surface area (TPSA) is 149 Å². The van der Waals surface area contributed by atoms with E-state index < -0.39 is 36.5 Å². The van der Waals surface area contributed by atoms with Crippen LogP contribution in [-0.2, 0) is 27.4 Å². The Morgan fingerprint density at radius 1 is 1.06 bits per heavy atom. The lowest BCUT2D eigenvalue weighted by Gasteiger charge is -2.17. The number of aliphatic hydroxyl groups is 1. The lowest BCUT2D eigenvalue weighted by molar-refractivity contribution is -0.142. The largest absolute Gasteiger partial charge is 0.480 e. The fourth-order valence-electron chi connectivity index (χ4n) is 2.74. The molecule has 0 spiro atoms. The Morgan fingerprint density at radius 3 is 2.42 bits per heavy atom. The Bertz CT molecular complexity index is 942. The number of ether oxygens (including phenoxy) is 1. The number of benzene rings is 2. The lowest BCUT2D eigenvalue weighted by Crippen LogP contribution is -2.44. The van der Waals surface area contributed by atoms with Crippen molar-refractivity contribution >= 4 is 18.0 Å². The van der Waals surface area contributed by atoms with Gasteiger partial charge in [0.25, 0.3) is 0 Å². The Morgan fingerprint density at radius 2 is 1.74 bits per heavy atom. The number of hydrogen-bond acceptors (Lipinski definition) is 6. The summed E-state index contributed by atoms with van der Waals surface area (Å²) in [7, 11) is 0. The molecule has 4 N–H and O–H groups in total. The number of nitrogens with one attached hydrogen (secondary N) is 2. The van der Waals surface area contributed by atoms with Crippen molar-refractivity contribution in [3.8, 4) is 6.07 Å². The average Bonchev–Trinajstić information content (AvgIpc) is 2.76. The van der Waals surface area contributed by atoms with Crippen LogP contribution in [0.25, 0.3) is 0 Å². The summed E-state index contributed by atoms with van der Waals surface area (Å²) in [6.07, 6.45) is -2.47. The molecule has 0 radical (unpaired) electrons. The van der Waals surface area contributed by atoms with Gasteiger partial charge in [0.05, 0.1) is 24.2 Å². The van der Waals surface area contributed by atoms with Crippen LogP contribution in [0.3, 0.4) is 0 Å². The molecule has 9 heteroatoms. The highest BCUT2D eigenvalue weighted by Gasteiger charge is 2.23. The molecule has 31 heavy (non-hydrogen) atoms. The highest BCUT2D eigenvalue weighted by Crippen LogP contribution is 2.10. The van der Waals surface area contributed by atoms with Crippen LogP contribution in [0.15, 0.2) is 54.6 Å². The van der Waals surface area contributed by atoms with Crippen LogP contribution in [0.1, 0.15) is 23.1 Å². The number of nitrogens with zero attached hydrogens (tertiary/aromatic N) is 1. The Labute approximate surface area is 179 Å². The predicted octanol–water partition coefficient (Wildman–Crippen LogP) is 1.35. The number of alkyl carbamates (subject to hydrolysis) is 1. The van der Waals surface area contributed by atoms with Gasteiger partial charge in [-0.1, -0.05) is 48.5 Å². The van der Waals surface area contributed by atoms with E-state index in [1.54, 1.807) is 36.4 Å². The maximum absolute atomic E-state index is 12.1. The average molecular weight is 425 g/mol. The molecular weight excluding hydrogens is 402 g/mol. The van der Waals surface area contributed by atoms with Crippen LogP contribution < -0.4 is 10.6 Å². The second-order valence-corrected chi connectivity index (χ2v) is 6.73. The highest BCUT2D eigenvalue weighted by molar-refractivity contribution is 5.84. The van der Waals surface area contributed by atoms with E-state index >= 15 is 0 Å². The molecule has 0 saturated carbocycles. The molecule has 2 rings (SSSR count). The molecule has 2 amide bonds. The Hall–Kier alpha value is -3.90. The van der Waals surface area contributed by atoms with E-state index in [0.717, 1.165) is 5.56 Å². The zero-order chi connectivity index (χ0) is 22.6. The molecule has 0 heterocycles. The first kappa shape index (κ1) is 23.4. The summed E-state index contributed by atoms with van der Waals surface area (Å²) < 4.78 is 5.00. The minimum atomic E-state index is -1.27. The second-order valence-electron chi connectivity index (χ2n) is 6.73. The highest BCUT2D eigenvalue weighted by atomic mass is 16.5. The van der Waals surface area contributed by atoms with Crippen LogP contribution in [0, 0.1) is 11.3 Å². The number of amides is 2. The number of aliphatic hydroxyl groups excluding tert-OH is 1. The van der Waals surface area contributed by atoms with Gasteiger partial charge in [0.15, 0.2) is 0 Å². The third-order valence-electron chi connectivity index (χ3n) is 4.31. The van der Waals surface area contributed by atoms with Gasteiger partial charge in [-0.2, -0.15) is 5.26 Å². The molecule has 0 aliphatic carbocycles. The summed E-state index contributed by atoms with van der Waals surface area (Å²) in [6, 6.07) is 16.2. The molecule has 0 aliphatic rings. The van der Waals surface area contributed by atoms with Crippen LogP contribution in [-0.4, -0.2) is 46.9 Å². The molecule has 0 bridgehead atoms. The monoisotopic (exact) mass is 425 g/mol. The molecule has 0 aromatic heterocycles. The van der Waals surface area contributed by atoms with E-state index in [4.69, 9.17) is 10.00 Å². The van der Waals surface area contributed by atoms with Gasteiger partial charge in [-0.05, 0) is 17.2 Å². The van der Waals surface area contributed by atoms with Gasteiger partial charge in [-0.25, -0.2) is 9.59 Å². The van der Waals surface area contributed by atoms with Gasteiger partial charge in [0.1, 0.15) is 12.6 Å². The number of rotatable bonds is 10. The van der Waals surface area contributed by atoms with E-state index in [1.807, 2.05) is 24.3 Å². The fraction of sp³-hybridized carbons (Fsp3) is 0.273. The van der Waals surface area contributed by atoms with E-state index in [-0.39, 0.29) is 19.6 Å². The van der Waals surface area contributed by atoms with Gasteiger partial charge in [0.2, 0.25) is 5.91 Å². The first-order valence-corrected chi connectivity index (χ1v) is 9.51. The summed E-state index contributed by atoms with van der Waals surface area (Å²) in [5.41, 5.74) is 1.61. The summed E-state index contributed by atoms with van der Waals surface area (Å²) in [6.45, 7) is -0.177. The molecule has 2 aromatic carbocycles. The van der Waals surface area contributed by atoms with Crippen molar-refractivity contribution in [2.45, 2.75) is 31.6 Å². The molecule has 162 valence electrons. The quantitative estimate of drug-likeness (QED) is 0.449. The molecule has 0 saturated heterocycles. The summed E-state index contributed by atoms with van der Waals surface area (Å²) >= 11 is 0. The van der Waals surface area contributed by atoms with Crippen molar-refractivity contribution in [3.05, 3.63) is 71.3 Å². The molecule has 2 atom stereocenters. The third-order valence-corrected chi connectivity index (χ3v) is 4.31. The molecular formula is C22H23N3O6. The summed E-state index contributed by atoms with van der Waals surface area (Å²) in [5, 5.41) is 33.1. The van der Waals surface area contributed by atoms with E-state index in [9.17, 15) is 24.6 Å².